The van der Waals surface area contributed by atoms with Gasteiger partial charge in [-0.1, -0.05) is 6.07 Å². The lowest BCUT2D eigenvalue weighted by Crippen LogP contribution is -2.19. The van der Waals surface area contributed by atoms with E-state index in [4.69, 9.17) is 4.42 Å². The number of furan rings is 1. The van der Waals surface area contributed by atoms with Crippen molar-refractivity contribution in [2.24, 2.45) is 0 Å². The van der Waals surface area contributed by atoms with Crippen LogP contribution in [0.5, 0.6) is 0 Å². The maximum Gasteiger partial charge on any atom is 0.224 e. The first-order chi connectivity index (χ1) is 7.61. The molecule has 0 saturated heterocycles. The topological polar surface area (TPSA) is 42.2 Å². The van der Waals surface area contributed by atoms with Gasteiger partial charge in [-0.05, 0) is 31.0 Å². The number of fused-ring (bicyclic) bond motifs is 1. The minimum Gasteiger partial charge on any atom is -0.464 e. The lowest BCUT2D eigenvalue weighted by atomic mass is 10.0. The summed E-state index contributed by atoms with van der Waals surface area (Å²) in [5.74, 6) is 0.00248. The summed E-state index contributed by atoms with van der Waals surface area (Å²) in [6.07, 6.45) is 2.04. The molecule has 0 saturated carbocycles. The number of rotatable bonds is 2. The molecule has 0 fully saturated rings. The average Bonchev–Trinajstić information content (AvgIpc) is 2.61. The van der Waals surface area contributed by atoms with Gasteiger partial charge in [0.15, 0.2) is 0 Å². The van der Waals surface area contributed by atoms with Crippen LogP contribution in [0.2, 0.25) is 0 Å². The van der Waals surface area contributed by atoms with E-state index in [0.29, 0.717) is 6.42 Å². The molecule has 84 valence electrons. The molecule has 0 radical (unpaired) electrons. The van der Waals surface area contributed by atoms with Gasteiger partial charge in [0.2, 0.25) is 5.91 Å². The van der Waals surface area contributed by atoms with E-state index in [-0.39, 0.29) is 5.91 Å². The highest BCUT2D eigenvalue weighted by atomic mass is 16.3. The summed E-state index contributed by atoms with van der Waals surface area (Å²) in [6.45, 7) is 4.07. The number of benzene rings is 1. The Morgan fingerprint density at radius 3 is 2.81 bits per heavy atom. The van der Waals surface area contributed by atoms with E-state index in [1.54, 1.807) is 13.3 Å². The van der Waals surface area contributed by atoms with Gasteiger partial charge in [-0.25, -0.2) is 0 Å². The van der Waals surface area contributed by atoms with E-state index in [2.05, 4.69) is 11.4 Å². The molecule has 0 atom stereocenters. The molecule has 0 spiro atoms. The molecule has 16 heavy (non-hydrogen) atoms. The molecule has 0 unspecified atom stereocenters. The quantitative estimate of drug-likeness (QED) is 0.839. The van der Waals surface area contributed by atoms with Gasteiger partial charge in [-0.15, -0.1) is 0 Å². The monoisotopic (exact) mass is 217 g/mol. The summed E-state index contributed by atoms with van der Waals surface area (Å²) in [7, 11) is 1.64. The molecule has 0 aliphatic rings. The van der Waals surface area contributed by atoms with Gasteiger partial charge >= 0.3 is 0 Å². The molecule has 3 nitrogen and oxygen atoms in total. The van der Waals surface area contributed by atoms with Crippen molar-refractivity contribution in [1.82, 2.24) is 5.32 Å². The fraction of sp³-hybridized carbons (Fsp3) is 0.308. The van der Waals surface area contributed by atoms with Crippen molar-refractivity contribution >= 4 is 16.9 Å². The van der Waals surface area contributed by atoms with Crippen LogP contribution in [0.4, 0.5) is 0 Å². The van der Waals surface area contributed by atoms with Crippen LogP contribution < -0.4 is 5.32 Å². The number of nitrogens with one attached hydrogen (secondary N) is 1. The molecular formula is C13H15NO2. The Kier molecular flexibility index (Phi) is 2.69. The maximum absolute atomic E-state index is 11.3. The number of hydrogen-bond donors (Lipinski definition) is 1. The van der Waals surface area contributed by atoms with Crippen molar-refractivity contribution in [2.75, 3.05) is 7.05 Å². The Balaban J connectivity index is 2.52. The van der Waals surface area contributed by atoms with Crippen molar-refractivity contribution in [2.45, 2.75) is 20.3 Å². The summed E-state index contributed by atoms with van der Waals surface area (Å²) in [6, 6.07) is 4.10. The number of amides is 1. The zero-order valence-electron chi connectivity index (χ0n) is 9.76. The molecule has 1 heterocycles. The highest BCUT2D eigenvalue weighted by molar-refractivity contribution is 5.90. The van der Waals surface area contributed by atoms with Gasteiger partial charge in [0.05, 0.1) is 12.7 Å². The first kappa shape index (κ1) is 10.7. The molecule has 2 aromatic rings. The molecule has 1 aromatic heterocycles. The van der Waals surface area contributed by atoms with Crippen molar-refractivity contribution in [3.8, 4) is 0 Å². The third kappa shape index (κ3) is 1.81. The third-order valence-electron chi connectivity index (χ3n) is 2.72. The van der Waals surface area contributed by atoms with Crippen LogP contribution in [0.15, 0.2) is 22.8 Å². The standard InChI is InChI=1S/C13H15NO2/c1-8-4-9(2)13-10(6-12(15)14-3)7-16-11(13)5-8/h4-5,7H,6H2,1-3H3,(H,14,15). The SMILES string of the molecule is CNC(=O)Cc1coc2cc(C)cc(C)c12. The van der Waals surface area contributed by atoms with Crippen LogP contribution in [-0.4, -0.2) is 13.0 Å². The van der Waals surface area contributed by atoms with E-state index >= 15 is 0 Å². The van der Waals surface area contributed by atoms with Gasteiger partial charge in [0, 0.05) is 18.0 Å². The molecule has 3 heteroatoms. The summed E-state index contributed by atoms with van der Waals surface area (Å²) < 4.78 is 5.48. The first-order valence-corrected chi connectivity index (χ1v) is 5.29. The fourth-order valence-electron chi connectivity index (χ4n) is 2.02. The van der Waals surface area contributed by atoms with Crippen molar-refractivity contribution in [1.29, 1.82) is 0 Å². The minimum atomic E-state index is 0.00248. The van der Waals surface area contributed by atoms with E-state index in [1.807, 2.05) is 19.9 Å². The molecule has 0 aliphatic carbocycles. The van der Waals surface area contributed by atoms with Crippen LogP contribution in [0.1, 0.15) is 16.7 Å². The van der Waals surface area contributed by atoms with E-state index < -0.39 is 0 Å². The number of hydrogen-bond acceptors (Lipinski definition) is 2. The van der Waals surface area contributed by atoms with Crippen LogP contribution >= 0.6 is 0 Å². The second kappa shape index (κ2) is 4.00. The molecule has 1 N–H and O–H groups in total. The molecule has 0 bridgehead atoms. The predicted molar refractivity (Wildman–Crippen MR) is 63.5 cm³/mol. The highest BCUT2D eigenvalue weighted by Crippen LogP contribution is 2.26. The van der Waals surface area contributed by atoms with E-state index in [0.717, 1.165) is 22.1 Å². The minimum absolute atomic E-state index is 0.00248. The lowest BCUT2D eigenvalue weighted by Gasteiger charge is -2.01. The smallest absolute Gasteiger partial charge is 0.224 e. The van der Waals surface area contributed by atoms with Gasteiger partial charge in [0.1, 0.15) is 5.58 Å². The van der Waals surface area contributed by atoms with E-state index in [9.17, 15) is 4.79 Å². The van der Waals surface area contributed by atoms with Crippen LogP contribution in [0.25, 0.3) is 11.0 Å². The number of aryl methyl sites for hydroxylation is 2. The predicted octanol–water partition coefficient (Wildman–Crippen LogP) is 2.34. The molecule has 1 amide bonds. The van der Waals surface area contributed by atoms with Crippen LogP contribution in [0.3, 0.4) is 0 Å². The van der Waals surface area contributed by atoms with Gasteiger partial charge in [0.25, 0.3) is 0 Å². The van der Waals surface area contributed by atoms with Crippen LogP contribution in [0, 0.1) is 13.8 Å². The Morgan fingerprint density at radius 2 is 2.12 bits per heavy atom. The summed E-state index contributed by atoms with van der Waals surface area (Å²) in [5.41, 5.74) is 4.14. The summed E-state index contributed by atoms with van der Waals surface area (Å²) >= 11 is 0. The fourth-order valence-corrected chi connectivity index (χ4v) is 2.02. The summed E-state index contributed by atoms with van der Waals surface area (Å²) in [4.78, 5) is 11.3. The largest absolute Gasteiger partial charge is 0.464 e. The van der Waals surface area contributed by atoms with Gasteiger partial charge < -0.3 is 9.73 Å². The lowest BCUT2D eigenvalue weighted by molar-refractivity contribution is -0.119. The number of carbonyl (C=O) groups is 1. The molecule has 0 aliphatic heterocycles. The maximum atomic E-state index is 11.3. The van der Waals surface area contributed by atoms with Crippen LogP contribution in [-0.2, 0) is 11.2 Å². The van der Waals surface area contributed by atoms with Crippen molar-refractivity contribution in [3.63, 3.8) is 0 Å². The molecule has 2 rings (SSSR count). The Hall–Kier alpha value is -1.77. The number of carbonyl (C=O) groups excluding carboxylic acids is 1. The third-order valence-corrected chi connectivity index (χ3v) is 2.72. The molecule has 1 aromatic carbocycles. The number of likely N-dealkylation sites (N-methyl/N-ethyl adjacent to an activating group) is 1. The van der Waals surface area contributed by atoms with Crippen molar-refractivity contribution < 1.29 is 9.21 Å². The van der Waals surface area contributed by atoms with Gasteiger partial charge in [-0.2, -0.15) is 0 Å². The van der Waals surface area contributed by atoms with E-state index in [1.165, 1.54) is 5.56 Å². The Bertz CT molecular complexity index is 540. The summed E-state index contributed by atoms with van der Waals surface area (Å²) in [5, 5.41) is 3.68. The first-order valence-electron chi connectivity index (χ1n) is 5.29. The van der Waals surface area contributed by atoms with Crippen molar-refractivity contribution in [3.05, 3.63) is 35.1 Å². The van der Waals surface area contributed by atoms with Gasteiger partial charge in [-0.3, -0.25) is 4.79 Å². The zero-order valence-corrected chi connectivity index (χ0v) is 9.76. The second-order valence-corrected chi connectivity index (χ2v) is 4.07. The Morgan fingerprint density at radius 1 is 1.38 bits per heavy atom. The Labute approximate surface area is 94.4 Å². The zero-order chi connectivity index (χ0) is 11.7. The molecular weight excluding hydrogens is 202 g/mol. The normalized spacial score (nSPS) is 10.7. The average molecular weight is 217 g/mol. The highest BCUT2D eigenvalue weighted by Gasteiger charge is 2.11. The second-order valence-electron chi connectivity index (χ2n) is 4.07.